The lowest BCUT2D eigenvalue weighted by Crippen LogP contribution is -2.31. The topological polar surface area (TPSA) is 51.7 Å². The smallest absolute Gasteiger partial charge is 0.259 e. The van der Waals surface area contributed by atoms with Crippen molar-refractivity contribution >= 4 is 5.91 Å². The first-order valence-electron chi connectivity index (χ1n) is 7.68. The quantitative estimate of drug-likeness (QED) is 0.870. The summed E-state index contributed by atoms with van der Waals surface area (Å²) in [6.07, 6.45) is 3.58. The van der Waals surface area contributed by atoms with Crippen LogP contribution in [-0.4, -0.2) is 36.6 Å². The molecule has 0 aliphatic carbocycles. The van der Waals surface area contributed by atoms with Gasteiger partial charge in [-0.3, -0.25) is 4.79 Å². The van der Waals surface area contributed by atoms with Crippen LogP contribution in [0.15, 0.2) is 42.6 Å². The molecule has 0 radical (unpaired) electrons. The van der Waals surface area contributed by atoms with E-state index >= 15 is 0 Å². The van der Waals surface area contributed by atoms with Crippen molar-refractivity contribution in [3.05, 3.63) is 53.7 Å². The molecule has 1 atom stereocenters. The second-order valence-electron chi connectivity index (χ2n) is 5.49. The molecule has 1 aliphatic rings. The van der Waals surface area contributed by atoms with E-state index in [1.807, 2.05) is 29.2 Å². The van der Waals surface area contributed by atoms with Gasteiger partial charge in [0.1, 0.15) is 11.3 Å². The summed E-state index contributed by atoms with van der Waals surface area (Å²) < 4.78 is 10.4. The maximum Gasteiger partial charge on any atom is 0.259 e. The standard InChI is InChI=1S/C18H20N2O3/c1-22-14-9-7-13(8-10-14)16-6-4-12-20(16)18(21)15-5-3-11-19-17(15)23-2/h3,5,7-11,16H,4,6,12H2,1-2H3. The van der Waals surface area contributed by atoms with Gasteiger partial charge in [0.25, 0.3) is 5.91 Å². The largest absolute Gasteiger partial charge is 0.497 e. The van der Waals surface area contributed by atoms with Gasteiger partial charge in [-0.05, 0) is 42.7 Å². The van der Waals surface area contributed by atoms with Crippen LogP contribution in [0, 0.1) is 0 Å². The summed E-state index contributed by atoms with van der Waals surface area (Å²) in [5.41, 5.74) is 1.63. The van der Waals surface area contributed by atoms with E-state index in [1.54, 1.807) is 25.4 Å². The van der Waals surface area contributed by atoms with Crippen LogP contribution in [0.25, 0.3) is 0 Å². The van der Waals surface area contributed by atoms with E-state index in [0.29, 0.717) is 11.4 Å². The molecule has 5 heteroatoms. The number of rotatable bonds is 4. The summed E-state index contributed by atoms with van der Waals surface area (Å²) in [6, 6.07) is 11.5. The van der Waals surface area contributed by atoms with Crippen LogP contribution in [0.2, 0.25) is 0 Å². The lowest BCUT2D eigenvalue weighted by atomic mass is 10.0. The third-order valence-electron chi connectivity index (χ3n) is 4.21. The third-order valence-corrected chi connectivity index (χ3v) is 4.21. The second kappa shape index (κ2) is 6.69. The zero-order valence-electron chi connectivity index (χ0n) is 13.4. The Morgan fingerprint density at radius 1 is 1.17 bits per heavy atom. The van der Waals surface area contributed by atoms with E-state index in [-0.39, 0.29) is 11.9 Å². The average molecular weight is 312 g/mol. The number of benzene rings is 1. The maximum atomic E-state index is 12.9. The summed E-state index contributed by atoms with van der Waals surface area (Å²) in [6.45, 7) is 0.744. The fourth-order valence-corrected chi connectivity index (χ4v) is 3.05. The predicted octanol–water partition coefficient (Wildman–Crippen LogP) is 3.08. The molecule has 1 unspecified atom stereocenters. The summed E-state index contributed by atoms with van der Waals surface area (Å²) in [5, 5.41) is 0. The zero-order chi connectivity index (χ0) is 16.2. The first kappa shape index (κ1) is 15.3. The highest BCUT2D eigenvalue weighted by atomic mass is 16.5. The van der Waals surface area contributed by atoms with Crippen LogP contribution in [0.4, 0.5) is 0 Å². The molecule has 1 amide bonds. The number of nitrogens with zero attached hydrogens (tertiary/aromatic N) is 2. The lowest BCUT2D eigenvalue weighted by molar-refractivity contribution is 0.0731. The van der Waals surface area contributed by atoms with Gasteiger partial charge in [0.15, 0.2) is 0 Å². The van der Waals surface area contributed by atoms with Gasteiger partial charge in [0.2, 0.25) is 5.88 Å². The summed E-state index contributed by atoms with van der Waals surface area (Å²) in [5.74, 6) is 1.16. The van der Waals surface area contributed by atoms with Crippen LogP contribution in [-0.2, 0) is 0 Å². The molecule has 1 fully saturated rings. The minimum atomic E-state index is -0.0340. The van der Waals surface area contributed by atoms with E-state index < -0.39 is 0 Å². The maximum absolute atomic E-state index is 12.9. The molecule has 0 saturated carbocycles. The molecular formula is C18H20N2O3. The number of hydrogen-bond acceptors (Lipinski definition) is 4. The molecule has 5 nitrogen and oxygen atoms in total. The fraction of sp³-hybridized carbons (Fsp3) is 0.333. The van der Waals surface area contributed by atoms with Crippen LogP contribution in [0.1, 0.15) is 34.8 Å². The van der Waals surface area contributed by atoms with Gasteiger partial charge in [0, 0.05) is 12.7 Å². The molecule has 2 heterocycles. The van der Waals surface area contributed by atoms with Crippen molar-refractivity contribution in [2.24, 2.45) is 0 Å². The normalized spacial score (nSPS) is 17.1. The van der Waals surface area contributed by atoms with Crippen molar-refractivity contribution in [2.75, 3.05) is 20.8 Å². The fourth-order valence-electron chi connectivity index (χ4n) is 3.05. The van der Waals surface area contributed by atoms with Crippen LogP contribution in [0.5, 0.6) is 11.6 Å². The number of hydrogen-bond donors (Lipinski definition) is 0. The summed E-state index contributed by atoms with van der Waals surface area (Å²) in [7, 11) is 3.18. The molecule has 0 N–H and O–H groups in total. The summed E-state index contributed by atoms with van der Waals surface area (Å²) in [4.78, 5) is 18.9. The molecule has 0 spiro atoms. The van der Waals surface area contributed by atoms with Crippen LogP contribution < -0.4 is 9.47 Å². The molecule has 23 heavy (non-hydrogen) atoms. The Bertz CT molecular complexity index is 685. The van der Waals surface area contributed by atoms with Gasteiger partial charge >= 0.3 is 0 Å². The predicted molar refractivity (Wildman–Crippen MR) is 86.8 cm³/mol. The van der Waals surface area contributed by atoms with Crippen LogP contribution >= 0.6 is 0 Å². The van der Waals surface area contributed by atoms with Gasteiger partial charge < -0.3 is 14.4 Å². The van der Waals surface area contributed by atoms with Crippen molar-refractivity contribution in [3.8, 4) is 11.6 Å². The first-order chi connectivity index (χ1) is 11.2. The number of aromatic nitrogens is 1. The molecular weight excluding hydrogens is 292 g/mol. The molecule has 2 aromatic rings. The van der Waals surface area contributed by atoms with Crippen molar-refractivity contribution in [1.29, 1.82) is 0 Å². The van der Waals surface area contributed by atoms with Gasteiger partial charge in [-0.2, -0.15) is 0 Å². The number of amides is 1. The highest BCUT2D eigenvalue weighted by molar-refractivity contribution is 5.96. The lowest BCUT2D eigenvalue weighted by Gasteiger charge is -2.25. The Morgan fingerprint density at radius 2 is 1.96 bits per heavy atom. The molecule has 0 bridgehead atoms. The van der Waals surface area contributed by atoms with Gasteiger partial charge in [-0.25, -0.2) is 4.98 Å². The molecule has 3 rings (SSSR count). The van der Waals surface area contributed by atoms with E-state index in [0.717, 1.165) is 30.7 Å². The Kier molecular flexibility index (Phi) is 4.46. The summed E-state index contributed by atoms with van der Waals surface area (Å²) >= 11 is 0. The van der Waals surface area contributed by atoms with Gasteiger partial charge in [-0.1, -0.05) is 12.1 Å². The second-order valence-corrected chi connectivity index (χ2v) is 5.49. The van der Waals surface area contributed by atoms with E-state index in [2.05, 4.69) is 4.98 Å². The average Bonchev–Trinajstić information content (AvgIpc) is 3.10. The number of carbonyl (C=O) groups is 1. The zero-order valence-corrected chi connectivity index (χ0v) is 13.4. The third kappa shape index (κ3) is 2.99. The molecule has 1 aromatic heterocycles. The highest BCUT2D eigenvalue weighted by Gasteiger charge is 2.32. The monoisotopic (exact) mass is 312 g/mol. The van der Waals surface area contributed by atoms with Gasteiger partial charge in [-0.15, -0.1) is 0 Å². The minimum absolute atomic E-state index is 0.0340. The number of ether oxygens (including phenoxy) is 2. The van der Waals surface area contributed by atoms with Crippen molar-refractivity contribution in [1.82, 2.24) is 9.88 Å². The number of methoxy groups -OCH3 is 2. The Labute approximate surface area is 135 Å². The number of carbonyl (C=O) groups excluding carboxylic acids is 1. The first-order valence-corrected chi connectivity index (χ1v) is 7.68. The van der Waals surface area contributed by atoms with Crippen molar-refractivity contribution in [3.63, 3.8) is 0 Å². The van der Waals surface area contributed by atoms with E-state index in [1.165, 1.54) is 7.11 Å². The highest BCUT2D eigenvalue weighted by Crippen LogP contribution is 2.34. The molecule has 1 aliphatic heterocycles. The van der Waals surface area contributed by atoms with Gasteiger partial charge in [0.05, 0.1) is 20.3 Å². The Morgan fingerprint density at radius 3 is 2.65 bits per heavy atom. The number of pyridine rings is 1. The molecule has 1 saturated heterocycles. The Balaban J connectivity index is 1.87. The molecule has 1 aromatic carbocycles. The molecule has 120 valence electrons. The SMILES string of the molecule is COc1ccc(C2CCCN2C(=O)c2cccnc2OC)cc1. The van der Waals surface area contributed by atoms with E-state index in [4.69, 9.17) is 9.47 Å². The Hall–Kier alpha value is -2.56. The van der Waals surface area contributed by atoms with Crippen molar-refractivity contribution < 1.29 is 14.3 Å². The van der Waals surface area contributed by atoms with E-state index in [9.17, 15) is 4.79 Å². The van der Waals surface area contributed by atoms with Crippen molar-refractivity contribution in [2.45, 2.75) is 18.9 Å². The minimum Gasteiger partial charge on any atom is -0.497 e. The number of likely N-dealkylation sites (tertiary alicyclic amines) is 1. The van der Waals surface area contributed by atoms with Crippen LogP contribution in [0.3, 0.4) is 0 Å².